The molecule has 0 saturated heterocycles. The van der Waals surface area contributed by atoms with E-state index in [2.05, 4.69) is 0 Å². The molecule has 0 aliphatic heterocycles. The molecule has 0 fully saturated rings. The van der Waals surface area contributed by atoms with Gasteiger partial charge in [-0.2, -0.15) is 0 Å². The number of methoxy groups -OCH3 is 2. The predicted molar refractivity (Wildman–Crippen MR) is 74.8 cm³/mol. The Bertz CT molecular complexity index is 417. The summed E-state index contributed by atoms with van der Waals surface area (Å²) in [5.74, 6) is 1.17. The average molecular weight is 246 g/mol. The summed E-state index contributed by atoms with van der Waals surface area (Å²) in [4.78, 5) is 0. The fraction of sp³-hybridized carbons (Fsp3) is 0.143. The van der Waals surface area contributed by atoms with Gasteiger partial charge in [-0.15, -0.1) is 0 Å². The molecule has 0 aromatic heterocycles. The Morgan fingerprint density at radius 3 is 1.17 bits per heavy atom. The van der Waals surface area contributed by atoms with Crippen LogP contribution in [-0.2, 0) is 0 Å². The first-order valence-corrected chi connectivity index (χ1v) is 5.46. The first-order valence-electron chi connectivity index (χ1n) is 5.46. The zero-order valence-electron chi connectivity index (χ0n) is 10.6. The highest BCUT2D eigenvalue weighted by atomic mass is 16.5. The normalized spacial score (nSPS) is 9.00. The molecular formula is C14H18N2O2. The van der Waals surface area contributed by atoms with E-state index in [1.807, 2.05) is 36.4 Å². The number of benzene rings is 2. The molecule has 0 heterocycles. The van der Waals surface area contributed by atoms with E-state index in [1.165, 1.54) is 0 Å². The Balaban J connectivity index is 0.000000225. The van der Waals surface area contributed by atoms with Crippen molar-refractivity contribution in [2.75, 3.05) is 25.7 Å². The highest BCUT2D eigenvalue weighted by Crippen LogP contribution is 2.32. The predicted octanol–water partition coefficient (Wildman–Crippen LogP) is 2.55. The van der Waals surface area contributed by atoms with E-state index in [9.17, 15) is 0 Å². The maximum atomic E-state index is 5.56. The quantitative estimate of drug-likeness (QED) is 0.799. The fourth-order valence-electron chi connectivity index (χ4n) is 1.30. The monoisotopic (exact) mass is 246 g/mol. The van der Waals surface area contributed by atoms with Crippen molar-refractivity contribution >= 4 is 11.4 Å². The molecule has 0 saturated carbocycles. The molecule has 96 valence electrons. The Morgan fingerprint density at radius 1 is 0.667 bits per heavy atom. The van der Waals surface area contributed by atoms with Crippen LogP contribution >= 0.6 is 0 Å². The molecule has 0 atom stereocenters. The van der Waals surface area contributed by atoms with E-state index >= 15 is 0 Å². The number of nitrogens with two attached hydrogens (primary N) is 2. The van der Waals surface area contributed by atoms with Crippen molar-refractivity contribution in [3.63, 3.8) is 0 Å². The van der Waals surface area contributed by atoms with Crippen molar-refractivity contribution in [2.45, 2.75) is 0 Å². The van der Waals surface area contributed by atoms with Crippen molar-refractivity contribution in [3.8, 4) is 11.5 Å². The van der Waals surface area contributed by atoms with E-state index in [4.69, 9.17) is 20.9 Å². The maximum absolute atomic E-state index is 5.56. The van der Waals surface area contributed by atoms with E-state index in [0.29, 0.717) is 22.9 Å². The fourth-order valence-corrected chi connectivity index (χ4v) is 1.30. The molecule has 0 bridgehead atoms. The summed E-state index contributed by atoms with van der Waals surface area (Å²) < 4.78 is 10.0. The van der Waals surface area contributed by atoms with Crippen LogP contribution in [-0.4, -0.2) is 14.2 Å². The average Bonchev–Trinajstić information content (AvgIpc) is 2.44. The Kier molecular flexibility index (Phi) is 5.38. The molecule has 18 heavy (non-hydrogen) atoms. The van der Waals surface area contributed by atoms with E-state index in [-0.39, 0.29) is 0 Å². The van der Waals surface area contributed by atoms with E-state index < -0.39 is 0 Å². The van der Waals surface area contributed by atoms with Crippen LogP contribution in [0.1, 0.15) is 0 Å². The topological polar surface area (TPSA) is 70.5 Å². The van der Waals surface area contributed by atoms with Gasteiger partial charge in [-0.3, -0.25) is 0 Å². The Hall–Kier alpha value is -2.36. The molecule has 0 amide bonds. The van der Waals surface area contributed by atoms with Crippen LogP contribution in [0.3, 0.4) is 0 Å². The van der Waals surface area contributed by atoms with Crippen molar-refractivity contribution < 1.29 is 9.47 Å². The summed E-state index contributed by atoms with van der Waals surface area (Å²) >= 11 is 0. The van der Waals surface area contributed by atoms with Crippen LogP contribution < -0.4 is 20.9 Å². The van der Waals surface area contributed by atoms with Gasteiger partial charge in [-0.1, -0.05) is 36.4 Å². The van der Waals surface area contributed by atoms with Crippen LogP contribution in [0.2, 0.25) is 0 Å². The second-order valence-corrected chi connectivity index (χ2v) is 3.49. The van der Waals surface area contributed by atoms with E-state index in [0.717, 1.165) is 0 Å². The minimum absolute atomic E-state index is 0.493. The number of rotatable bonds is 2. The van der Waals surface area contributed by atoms with Gasteiger partial charge < -0.3 is 20.9 Å². The van der Waals surface area contributed by atoms with Gasteiger partial charge >= 0.3 is 0 Å². The first-order chi connectivity index (χ1) is 8.69. The van der Waals surface area contributed by atoms with Crippen molar-refractivity contribution in [1.29, 1.82) is 0 Å². The molecule has 2 rings (SSSR count). The van der Waals surface area contributed by atoms with Crippen LogP contribution in [0.4, 0.5) is 11.4 Å². The third-order valence-corrected chi connectivity index (χ3v) is 2.26. The van der Waals surface area contributed by atoms with Gasteiger partial charge in [0.2, 0.25) is 0 Å². The molecule has 0 unspecified atom stereocenters. The van der Waals surface area contributed by atoms with Gasteiger partial charge in [0.05, 0.1) is 25.6 Å². The highest BCUT2D eigenvalue weighted by Gasteiger charge is 2.05. The van der Waals surface area contributed by atoms with Crippen molar-refractivity contribution in [1.82, 2.24) is 0 Å². The van der Waals surface area contributed by atoms with Crippen LogP contribution in [0, 0.1) is 0 Å². The SMILES string of the molecule is COc1cc(N)c(N)cc1OC.c1ccccc1. The molecule has 0 aliphatic carbocycles. The lowest BCUT2D eigenvalue weighted by Gasteiger charge is -2.09. The van der Waals surface area contributed by atoms with Crippen LogP contribution in [0.5, 0.6) is 11.5 Å². The summed E-state index contributed by atoms with van der Waals surface area (Å²) in [6, 6.07) is 15.3. The molecular weight excluding hydrogens is 228 g/mol. The summed E-state index contributed by atoms with van der Waals surface area (Å²) in [6.07, 6.45) is 0. The molecule has 4 N–H and O–H groups in total. The number of anilines is 2. The zero-order valence-corrected chi connectivity index (χ0v) is 10.6. The summed E-state index contributed by atoms with van der Waals surface area (Å²) in [5.41, 5.74) is 12.1. The van der Waals surface area contributed by atoms with Gasteiger partial charge in [-0.05, 0) is 0 Å². The Morgan fingerprint density at radius 2 is 0.944 bits per heavy atom. The lowest BCUT2D eigenvalue weighted by atomic mass is 10.2. The molecule has 2 aromatic carbocycles. The molecule has 2 aromatic rings. The molecule has 0 radical (unpaired) electrons. The standard InChI is InChI=1S/C8H12N2O2.C6H6/c1-11-7-3-5(9)6(10)4-8(7)12-2;1-2-4-6-5-3-1/h3-4H,9-10H2,1-2H3;1-6H. The minimum atomic E-state index is 0.493. The van der Waals surface area contributed by atoms with Gasteiger partial charge in [0.25, 0.3) is 0 Å². The number of hydrogen-bond donors (Lipinski definition) is 2. The molecule has 0 spiro atoms. The van der Waals surface area contributed by atoms with Crippen LogP contribution in [0.15, 0.2) is 48.5 Å². The van der Waals surface area contributed by atoms with Gasteiger partial charge in [-0.25, -0.2) is 0 Å². The lowest BCUT2D eigenvalue weighted by Crippen LogP contribution is -1.97. The third kappa shape index (κ3) is 3.90. The molecule has 4 nitrogen and oxygen atoms in total. The van der Waals surface area contributed by atoms with Gasteiger partial charge in [0, 0.05) is 12.1 Å². The van der Waals surface area contributed by atoms with Crippen molar-refractivity contribution in [2.24, 2.45) is 0 Å². The first kappa shape index (κ1) is 13.7. The second-order valence-electron chi connectivity index (χ2n) is 3.49. The zero-order chi connectivity index (χ0) is 13.4. The smallest absolute Gasteiger partial charge is 0.162 e. The summed E-state index contributed by atoms with van der Waals surface area (Å²) in [6.45, 7) is 0. The number of hydrogen-bond acceptors (Lipinski definition) is 4. The van der Waals surface area contributed by atoms with Crippen molar-refractivity contribution in [3.05, 3.63) is 48.5 Å². The molecule has 0 aliphatic rings. The van der Waals surface area contributed by atoms with Gasteiger partial charge in [0.1, 0.15) is 0 Å². The largest absolute Gasteiger partial charge is 0.493 e. The van der Waals surface area contributed by atoms with E-state index in [1.54, 1.807) is 26.4 Å². The number of nitrogen functional groups attached to an aromatic ring is 2. The van der Waals surface area contributed by atoms with Gasteiger partial charge in [0.15, 0.2) is 11.5 Å². The third-order valence-electron chi connectivity index (χ3n) is 2.26. The lowest BCUT2D eigenvalue weighted by molar-refractivity contribution is 0.355. The minimum Gasteiger partial charge on any atom is -0.493 e. The second kappa shape index (κ2) is 7.06. The highest BCUT2D eigenvalue weighted by molar-refractivity contribution is 5.69. The maximum Gasteiger partial charge on any atom is 0.162 e. The van der Waals surface area contributed by atoms with Crippen LogP contribution in [0.25, 0.3) is 0 Å². The Labute approximate surface area is 107 Å². The summed E-state index contributed by atoms with van der Waals surface area (Å²) in [5, 5.41) is 0. The number of ether oxygens (including phenoxy) is 2. The molecule has 4 heteroatoms. The summed E-state index contributed by atoms with van der Waals surface area (Å²) in [7, 11) is 3.10.